The second-order valence-corrected chi connectivity index (χ2v) is 7.62. The van der Waals surface area contributed by atoms with Gasteiger partial charge in [0.25, 0.3) is 0 Å². The van der Waals surface area contributed by atoms with Crippen molar-refractivity contribution in [3.63, 3.8) is 0 Å². The summed E-state index contributed by atoms with van der Waals surface area (Å²) in [6, 6.07) is 8.99. The summed E-state index contributed by atoms with van der Waals surface area (Å²) in [7, 11) is -5.79. The number of halogens is 3. The van der Waals surface area contributed by atoms with Crippen molar-refractivity contribution in [2.45, 2.75) is 12.4 Å². The summed E-state index contributed by atoms with van der Waals surface area (Å²) < 4.78 is 65.1. The van der Waals surface area contributed by atoms with Gasteiger partial charge in [-0.25, -0.2) is 0 Å². The normalized spacial score (nSPS) is 12.7. The monoisotopic (exact) mass is 374 g/mol. The van der Waals surface area contributed by atoms with Gasteiger partial charge in [-0.2, -0.15) is 21.6 Å². The van der Waals surface area contributed by atoms with Gasteiger partial charge in [0.1, 0.15) is 5.75 Å². The lowest BCUT2D eigenvalue weighted by Gasteiger charge is -2.11. The van der Waals surface area contributed by atoms with Crippen LogP contribution in [0.5, 0.6) is 5.75 Å². The van der Waals surface area contributed by atoms with E-state index in [-0.39, 0.29) is 5.39 Å². The summed E-state index contributed by atoms with van der Waals surface area (Å²) in [5.74, 6) is -0.545. The first-order valence-corrected chi connectivity index (χ1v) is 8.79. The topological polar surface area (TPSA) is 60.4 Å². The molecule has 0 spiro atoms. The first-order valence-electron chi connectivity index (χ1n) is 6.57. The van der Waals surface area contributed by atoms with E-state index in [2.05, 4.69) is 4.18 Å². The van der Waals surface area contributed by atoms with Crippen molar-refractivity contribution in [3.8, 4) is 5.75 Å². The molecule has 0 fully saturated rings. The fraction of sp³-hybridized carbons (Fsp3) is 0.133. The lowest BCUT2D eigenvalue weighted by atomic mass is 10.1. The van der Waals surface area contributed by atoms with Gasteiger partial charge in [0.05, 0.1) is 0 Å². The van der Waals surface area contributed by atoms with Gasteiger partial charge in [0.2, 0.25) is 0 Å². The lowest BCUT2D eigenvalue weighted by molar-refractivity contribution is -0.0500. The molecule has 3 rings (SSSR count). The molecule has 0 saturated carbocycles. The van der Waals surface area contributed by atoms with Gasteiger partial charge in [0.15, 0.2) is 5.43 Å². The van der Waals surface area contributed by atoms with E-state index in [4.69, 9.17) is 0 Å². The zero-order valence-corrected chi connectivity index (χ0v) is 13.7. The zero-order valence-electron chi connectivity index (χ0n) is 12.0. The van der Waals surface area contributed by atoms with Crippen LogP contribution in [0.2, 0.25) is 0 Å². The quantitative estimate of drug-likeness (QED) is 0.387. The molecule has 0 amide bonds. The van der Waals surface area contributed by atoms with E-state index in [9.17, 15) is 26.4 Å². The first kappa shape index (κ1) is 16.7. The molecule has 0 atom stereocenters. The van der Waals surface area contributed by atoms with Crippen LogP contribution in [0.15, 0.2) is 41.2 Å². The van der Waals surface area contributed by atoms with Crippen molar-refractivity contribution in [3.05, 3.63) is 52.2 Å². The van der Waals surface area contributed by atoms with E-state index >= 15 is 0 Å². The summed E-state index contributed by atoms with van der Waals surface area (Å²) in [4.78, 5) is 12.5. The Morgan fingerprint density at radius 1 is 1.08 bits per heavy atom. The van der Waals surface area contributed by atoms with Crippen LogP contribution >= 0.6 is 11.3 Å². The minimum Gasteiger partial charge on any atom is -0.376 e. The van der Waals surface area contributed by atoms with E-state index in [1.54, 1.807) is 31.2 Å². The third-order valence-electron chi connectivity index (χ3n) is 3.33. The Morgan fingerprint density at radius 3 is 2.42 bits per heavy atom. The molecule has 0 bridgehead atoms. The van der Waals surface area contributed by atoms with Gasteiger partial charge in [-0.1, -0.05) is 12.1 Å². The number of fused-ring (bicyclic) bond motifs is 2. The molecule has 0 N–H and O–H groups in total. The summed E-state index contributed by atoms with van der Waals surface area (Å²) >= 11 is 1.30. The van der Waals surface area contributed by atoms with Gasteiger partial charge in [-0.05, 0) is 36.8 Å². The van der Waals surface area contributed by atoms with Crippen LogP contribution in [0, 0.1) is 6.92 Å². The molecule has 0 radical (unpaired) electrons. The molecule has 0 unspecified atom stereocenters. The average molecular weight is 374 g/mol. The molecule has 0 saturated heterocycles. The van der Waals surface area contributed by atoms with Crippen LogP contribution in [-0.4, -0.2) is 13.9 Å². The number of hydrogen-bond donors (Lipinski definition) is 0. The summed E-state index contributed by atoms with van der Waals surface area (Å²) in [6.07, 6.45) is 0. The third kappa shape index (κ3) is 2.73. The van der Waals surface area contributed by atoms with Crippen molar-refractivity contribution in [1.82, 2.24) is 0 Å². The van der Waals surface area contributed by atoms with Gasteiger partial charge in [-0.3, -0.25) is 4.79 Å². The molecule has 2 aromatic carbocycles. The fourth-order valence-electron chi connectivity index (χ4n) is 2.27. The molecule has 24 heavy (non-hydrogen) atoms. The van der Waals surface area contributed by atoms with Crippen molar-refractivity contribution < 1.29 is 25.8 Å². The number of rotatable bonds is 2. The Kier molecular flexibility index (Phi) is 3.80. The summed E-state index contributed by atoms with van der Waals surface area (Å²) in [5.41, 5.74) is -5.48. The number of hydrogen-bond acceptors (Lipinski definition) is 5. The van der Waals surface area contributed by atoms with Crippen molar-refractivity contribution in [1.29, 1.82) is 0 Å². The second-order valence-electron chi connectivity index (χ2n) is 5.03. The van der Waals surface area contributed by atoms with Crippen molar-refractivity contribution >= 4 is 41.6 Å². The Morgan fingerprint density at radius 2 is 1.75 bits per heavy atom. The highest BCUT2D eigenvalue weighted by molar-refractivity contribution is 7.88. The maximum atomic E-state index is 12.5. The first-order chi connectivity index (χ1) is 11.1. The van der Waals surface area contributed by atoms with Gasteiger partial charge < -0.3 is 4.18 Å². The fourth-order valence-corrected chi connectivity index (χ4v) is 3.83. The molecular weight excluding hydrogens is 365 g/mol. The predicted molar refractivity (Wildman–Crippen MR) is 85.9 cm³/mol. The molecule has 9 heteroatoms. The maximum absolute atomic E-state index is 12.5. The SMILES string of the molecule is Cc1cc(OS(=O)(=O)C(F)(F)F)cc2c(=O)c3ccccc3sc12. The number of benzene rings is 2. The Balaban J connectivity index is 2.26. The Labute approximate surface area is 138 Å². The smallest absolute Gasteiger partial charge is 0.376 e. The van der Waals surface area contributed by atoms with E-state index in [1.165, 1.54) is 11.3 Å². The maximum Gasteiger partial charge on any atom is 0.534 e. The molecule has 126 valence electrons. The molecule has 0 aliphatic heterocycles. The van der Waals surface area contributed by atoms with E-state index < -0.39 is 26.8 Å². The van der Waals surface area contributed by atoms with E-state index in [0.29, 0.717) is 15.6 Å². The van der Waals surface area contributed by atoms with E-state index in [0.717, 1.165) is 16.8 Å². The van der Waals surface area contributed by atoms with Crippen LogP contribution in [0.3, 0.4) is 0 Å². The summed E-state index contributed by atoms with van der Waals surface area (Å²) in [6.45, 7) is 1.57. The Bertz CT molecular complexity index is 1120. The minimum absolute atomic E-state index is 0.117. The molecule has 0 aliphatic carbocycles. The van der Waals surface area contributed by atoms with Crippen LogP contribution < -0.4 is 9.61 Å². The minimum atomic E-state index is -5.79. The van der Waals surface area contributed by atoms with Crippen molar-refractivity contribution in [2.24, 2.45) is 0 Å². The largest absolute Gasteiger partial charge is 0.534 e. The van der Waals surface area contributed by atoms with Crippen molar-refractivity contribution in [2.75, 3.05) is 0 Å². The van der Waals surface area contributed by atoms with Crippen LogP contribution in [-0.2, 0) is 10.1 Å². The highest BCUT2D eigenvalue weighted by Crippen LogP contribution is 2.33. The van der Waals surface area contributed by atoms with Gasteiger partial charge in [-0.15, -0.1) is 11.3 Å². The standard InChI is InChI=1S/C15H9F3O4S2/c1-8-6-9(22-24(20,21)15(16,17)18)7-11-13(19)10-4-2-3-5-12(10)23-14(8)11/h2-7H,1H3. The molecule has 0 aliphatic rings. The van der Waals surface area contributed by atoms with Crippen LogP contribution in [0.4, 0.5) is 13.2 Å². The summed E-state index contributed by atoms with van der Waals surface area (Å²) in [5, 5.41) is 0.524. The molecular formula is C15H9F3O4S2. The van der Waals surface area contributed by atoms with Crippen LogP contribution in [0.25, 0.3) is 20.2 Å². The van der Waals surface area contributed by atoms with Gasteiger partial charge in [0, 0.05) is 20.2 Å². The molecule has 4 nitrogen and oxygen atoms in total. The number of aryl methyl sites for hydroxylation is 1. The highest BCUT2D eigenvalue weighted by atomic mass is 32.2. The number of alkyl halides is 3. The molecule has 3 aromatic rings. The second kappa shape index (κ2) is 5.45. The predicted octanol–water partition coefficient (Wildman–Crippen LogP) is 3.95. The highest BCUT2D eigenvalue weighted by Gasteiger charge is 2.48. The van der Waals surface area contributed by atoms with E-state index in [1.807, 2.05) is 0 Å². The van der Waals surface area contributed by atoms with Crippen LogP contribution in [0.1, 0.15) is 5.56 Å². The zero-order chi connectivity index (χ0) is 17.7. The molecule has 1 heterocycles. The Hall–Kier alpha value is -2.13. The van der Waals surface area contributed by atoms with Gasteiger partial charge >= 0.3 is 15.6 Å². The lowest BCUT2D eigenvalue weighted by Crippen LogP contribution is -2.28. The molecule has 1 aromatic heterocycles. The average Bonchev–Trinajstić information content (AvgIpc) is 2.47. The third-order valence-corrected chi connectivity index (χ3v) is 5.63.